The third-order valence-electron chi connectivity index (χ3n) is 2.79. The number of hydrogen-bond acceptors (Lipinski definition) is 3. The standard InChI is InChI=1S/C13H19FN2OS/c1-10(9-15)16(2)13(17)7-8-18-12-5-3-11(14)4-6-12/h3-6,10H,7-9,15H2,1-2H3. The fraction of sp³-hybridized carbons (Fsp3) is 0.462. The van der Waals surface area contributed by atoms with E-state index in [-0.39, 0.29) is 17.8 Å². The molecule has 0 fully saturated rings. The average Bonchev–Trinajstić information content (AvgIpc) is 2.39. The molecule has 1 amide bonds. The van der Waals surface area contributed by atoms with Crippen LogP contribution < -0.4 is 5.73 Å². The first-order valence-electron chi connectivity index (χ1n) is 5.88. The molecule has 0 saturated heterocycles. The third-order valence-corrected chi connectivity index (χ3v) is 3.81. The Kier molecular flexibility index (Phi) is 6.15. The van der Waals surface area contributed by atoms with Crippen LogP contribution in [0, 0.1) is 5.82 Å². The van der Waals surface area contributed by atoms with Crippen LogP contribution in [0.1, 0.15) is 13.3 Å². The predicted octanol–water partition coefficient (Wildman–Crippen LogP) is 2.11. The fourth-order valence-corrected chi connectivity index (χ4v) is 2.21. The van der Waals surface area contributed by atoms with Crippen molar-refractivity contribution in [3.63, 3.8) is 0 Å². The number of carbonyl (C=O) groups excluding carboxylic acids is 1. The van der Waals surface area contributed by atoms with Crippen LogP contribution in [-0.4, -0.2) is 36.2 Å². The summed E-state index contributed by atoms with van der Waals surface area (Å²) in [5.41, 5.74) is 5.51. The number of hydrogen-bond donors (Lipinski definition) is 1. The number of carbonyl (C=O) groups is 1. The SMILES string of the molecule is CC(CN)N(C)C(=O)CCSc1ccc(F)cc1. The molecule has 0 aliphatic heterocycles. The van der Waals surface area contributed by atoms with E-state index >= 15 is 0 Å². The molecule has 0 aliphatic carbocycles. The maximum Gasteiger partial charge on any atom is 0.223 e. The van der Waals surface area contributed by atoms with Gasteiger partial charge in [0, 0.05) is 36.7 Å². The Morgan fingerprint density at radius 1 is 1.44 bits per heavy atom. The number of halogens is 1. The maximum absolute atomic E-state index is 12.7. The molecule has 0 radical (unpaired) electrons. The lowest BCUT2D eigenvalue weighted by Crippen LogP contribution is -2.39. The summed E-state index contributed by atoms with van der Waals surface area (Å²) in [6, 6.07) is 6.35. The molecular formula is C13H19FN2OS. The van der Waals surface area contributed by atoms with Gasteiger partial charge >= 0.3 is 0 Å². The van der Waals surface area contributed by atoms with Gasteiger partial charge < -0.3 is 10.6 Å². The molecule has 1 rings (SSSR count). The Labute approximate surface area is 112 Å². The second kappa shape index (κ2) is 7.38. The minimum absolute atomic E-state index is 0.0633. The number of likely N-dealkylation sites (N-methyl/N-ethyl adjacent to an activating group) is 1. The molecule has 0 aliphatic rings. The fourth-order valence-electron chi connectivity index (χ4n) is 1.37. The van der Waals surface area contributed by atoms with E-state index in [1.807, 2.05) is 6.92 Å². The van der Waals surface area contributed by atoms with Gasteiger partial charge in [-0.2, -0.15) is 0 Å². The summed E-state index contributed by atoms with van der Waals surface area (Å²) < 4.78 is 12.7. The lowest BCUT2D eigenvalue weighted by atomic mass is 10.3. The van der Waals surface area contributed by atoms with E-state index in [0.717, 1.165) is 4.90 Å². The molecule has 0 spiro atoms. The van der Waals surface area contributed by atoms with Gasteiger partial charge in [-0.05, 0) is 31.2 Å². The molecule has 1 unspecified atom stereocenters. The van der Waals surface area contributed by atoms with Crippen molar-refractivity contribution >= 4 is 17.7 Å². The van der Waals surface area contributed by atoms with Crippen LogP contribution in [0.5, 0.6) is 0 Å². The first kappa shape index (κ1) is 15.0. The lowest BCUT2D eigenvalue weighted by Gasteiger charge is -2.23. The van der Waals surface area contributed by atoms with Crippen LogP contribution in [0.3, 0.4) is 0 Å². The summed E-state index contributed by atoms with van der Waals surface area (Å²) in [4.78, 5) is 14.4. The van der Waals surface area contributed by atoms with Gasteiger partial charge in [-0.25, -0.2) is 4.39 Å². The van der Waals surface area contributed by atoms with Crippen LogP contribution in [0.2, 0.25) is 0 Å². The van der Waals surface area contributed by atoms with Crippen LogP contribution in [0.25, 0.3) is 0 Å². The summed E-state index contributed by atoms with van der Waals surface area (Å²) in [5.74, 6) is 0.529. The zero-order valence-electron chi connectivity index (χ0n) is 10.7. The van der Waals surface area contributed by atoms with Crippen LogP contribution in [-0.2, 0) is 4.79 Å². The molecule has 0 saturated carbocycles. The number of benzene rings is 1. The zero-order chi connectivity index (χ0) is 13.5. The molecule has 5 heteroatoms. The number of nitrogens with two attached hydrogens (primary N) is 1. The second-order valence-corrected chi connectivity index (χ2v) is 5.31. The minimum atomic E-state index is -0.244. The number of amides is 1. The summed E-state index contributed by atoms with van der Waals surface area (Å²) in [5, 5.41) is 0. The molecule has 0 bridgehead atoms. The van der Waals surface area contributed by atoms with Gasteiger partial charge in [0.25, 0.3) is 0 Å². The predicted molar refractivity (Wildman–Crippen MR) is 73.0 cm³/mol. The highest BCUT2D eigenvalue weighted by molar-refractivity contribution is 7.99. The summed E-state index contributed by atoms with van der Waals surface area (Å²) >= 11 is 1.55. The van der Waals surface area contributed by atoms with Crippen molar-refractivity contribution in [3.05, 3.63) is 30.1 Å². The lowest BCUT2D eigenvalue weighted by molar-refractivity contribution is -0.131. The van der Waals surface area contributed by atoms with Crippen LogP contribution >= 0.6 is 11.8 Å². The number of rotatable bonds is 6. The molecule has 100 valence electrons. The van der Waals surface area contributed by atoms with Crippen LogP contribution in [0.4, 0.5) is 4.39 Å². The van der Waals surface area contributed by atoms with Crippen molar-refractivity contribution in [2.45, 2.75) is 24.3 Å². The summed E-state index contributed by atoms with van der Waals surface area (Å²) in [7, 11) is 1.77. The Morgan fingerprint density at radius 3 is 2.61 bits per heavy atom. The van der Waals surface area contributed by atoms with E-state index in [2.05, 4.69) is 0 Å². The highest BCUT2D eigenvalue weighted by atomic mass is 32.2. The van der Waals surface area contributed by atoms with E-state index in [1.165, 1.54) is 12.1 Å². The monoisotopic (exact) mass is 270 g/mol. The molecule has 0 aromatic heterocycles. The Bertz CT molecular complexity index is 383. The van der Waals surface area contributed by atoms with Gasteiger partial charge in [-0.1, -0.05) is 0 Å². The molecule has 0 heterocycles. The normalized spacial score (nSPS) is 12.2. The number of nitrogens with zero attached hydrogens (tertiary/aromatic N) is 1. The zero-order valence-corrected chi connectivity index (χ0v) is 11.5. The quantitative estimate of drug-likeness (QED) is 0.805. The highest BCUT2D eigenvalue weighted by Gasteiger charge is 2.13. The van der Waals surface area contributed by atoms with Gasteiger partial charge in [-0.3, -0.25) is 4.79 Å². The van der Waals surface area contributed by atoms with Gasteiger partial charge in [-0.15, -0.1) is 11.8 Å². The van der Waals surface area contributed by atoms with Gasteiger partial charge in [0.15, 0.2) is 0 Å². The van der Waals surface area contributed by atoms with E-state index in [9.17, 15) is 9.18 Å². The molecule has 1 atom stereocenters. The van der Waals surface area contributed by atoms with Gasteiger partial charge in [0.1, 0.15) is 5.82 Å². The minimum Gasteiger partial charge on any atom is -0.342 e. The third kappa shape index (κ3) is 4.66. The summed E-state index contributed by atoms with van der Waals surface area (Å²) in [6.07, 6.45) is 0.461. The van der Waals surface area contributed by atoms with Gasteiger partial charge in [0.05, 0.1) is 0 Å². The topological polar surface area (TPSA) is 46.3 Å². The van der Waals surface area contributed by atoms with Crippen molar-refractivity contribution in [1.82, 2.24) is 4.90 Å². The largest absolute Gasteiger partial charge is 0.342 e. The van der Waals surface area contributed by atoms with E-state index in [4.69, 9.17) is 5.73 Å². The van der Waals surface area contributed by atoms with Crippen molar-refractivity contribution in [1.29, 1.82) is 0 Å². The molecule has 1 aromatic rings. The highest BCUT2D eigenvalue weighted by Crippen LogP contribution is 2.19. The van der Waals surface area contributed by atoms with Crippen LogP contribution in [0.15, 0.2) is 29.2 Å². The van der Waals surface area contributed by atoms with Crippen molar-refractivity contribution < 1.29 is 9.18 Å². The molecule has 3 nitrogen and oxygen atoms in total. The summed E-state index contributed by atoms with van der Waals surface area (Å²) in [6.45, 7) is 2.39. The molecular weight excluding hydrogens is 251 g/mol. The van der Waals surface area contributed by atoms with Crippen molar-refractivity contribution in [2.24, 2.45) is 5.73 Å². The first-order valence-corrected chi connectivity index (χ1v) is 6.87. The van der Waals surface area contributed by atoms with Crippen molar-refractivity contribution in [3.8, 4) is 0 Å². The van der Waals surface area contributed by atoms with Gasteiger partial charge in [0.2, 0.25) is 5.91 Å². The van der Waals surface area contributed by atoms with E-state index in [0.29, 0.717) is 18.7 Å². The molecule has 2 N–H and O–H groups in total. The smallest absolute Gasteiger partial charge is 0.223 e. The molecule has 18 heavy (non-hydrogen) atoms. The Hall–Kier alpha value is -1.07. The Balaban J connectivity index is 2.33. The second-order valence-electron chi connectivity index (χ2n) is 4.14. The Morgan fingerprint density at radius 2 is 2.06 bits per heavy atom. The molecule has 1 aromatic carbocycles. The first-order chi connectivity index (χ1) is 8.54. The average molecular weight is 270 g/mol. The van der Waals surface area contributed by atoms with E-state index < -0.39 is 0 Å². The van der Waals surface area contributed by atoms with E-state index in [1.54, 1.807) is 35.8 Å². The maximum atomic E-state index is 12.7. The number of thioether (sulfide) groups is 1. The van der Waals surface area contributed by atoms with Crippen molar-refractivity contribution in [2.75, 3.05) is 19.3 Å².